The zero-order chi connectivity index (χ0) is 15.2. The first-order chi connectivity index (χ1) is 10.1. The molecule has 0 aromatic heterocycles. The van der Waals surface area contributed by atoms with Gasteiger partial charge in [0.05, 0.1) is 23.8 Å². The lowest BCUT2D eigenvalue weighted by Crippen LogP contribution is -2.05. The van der Waals surface area contributed by atoms with Crippen molar-refractivity contribution in [3.8, 4) is 6.07 Å². The number of aromatic carboxylic acids is 1. The second kappa shape index (κ2) is 6.66. The molecule has 1 atom stereocenters. The van der Waals surface area contributed by atoms with Gasteiger partial charge >= 0.3 is 5.97 Å². The van der Waals surface area contributed by atoms with Gasteiger partial charge in [-0.15, -0.1) is 0 Å². The van der Waals surface area contributed by atoms with E-state index < -0.39 is 12.3 Å². The van der Waals surface area contributed by atoms with Gasteiger partial charge in [0.2, 0.25) is 6.29 Å². The molecule has 21 heavy (non-hydrogen) atoms. The largest absolute Gasteiger partial charge is 0.478 e. The molecular formula is C16H12NO4. The third-order valence-corrected chi connectivity index (χ3v) is 2.91. The average molecular weight is 282 g/mol. The van der Waals surface area contributed by atoms with Crippen molar-refractivity contribution in [1.82, 2.24) is 0 Å². The van der Waals surface area contributed by atoms with Crippen molar-refractivity contribution >= 4 is 5.97 Å². The van der Waals surface area contributed by atoms with Crippen LogP contribution in [0.2, 0.25) is 0 Å². The van der Waals surface area contributed by atoms with Gasteiger partial charge in [-0.25, -0.2) is 4.79 Å². The molecule has 0 spiro atoms. The Labute approximate surface area is 121 Å². The quantitative estimate of drug-likeness (QED) is 0.854. The molecule has 105 valence electrons. The van der Waals surface area contributed by atoms with Crippen LogP contribution in [-0.4, -0.2) is 11.1 Å². The molecule has 5 nitrogen and oxygen atoms in total. The lowest BCUT2D eigenvalue weighted by atomic mass is 10.1. The third-order valence-electron chi connectivity index (χ3n) is 2.91. The molecule has 0 bridgehead atoms. The molecule has 1 unspecified atom stereocenters. The summed E-state index contributed by atoms with van der Waals surface area (Å²) in [6, 6.07) is 14.5. The number of hydrogen-bond acceptors (Lipinski definition) is 3. The topological polar surface area (TPSA) is 90.2 Å². The minimum atomic E-state index is -1.49. The van der Waals surface area contributed by atoms with Gasteiger partial charge in [-0.1, -0.05) is 30.3 Å². The van der Waals surface area contributed by atoms with Crippen LogP contribution in [-0.2, 0) is 16.5 Å². The fourth-order valence-corrected chi connectivity index (χ4v) is 1.86. The van der Waals surface area contributed by atoms with Gasteiger partial charge in [-0.05, 0) is 23.8 Å². The molecule has 2 aromatic carbocycles. The van der Waals surface area contributed by atoms with Gasteiger partial charge < -0.3 is 9.84 Å². The molecule has 0 saturated carbocycles. The number of carboxylic acids is 1. The van der Waals surface area contributed by atoms with Gasteiger partial charge in [-0.3, -0.25) is 0 Å². The maximum Gasteiger partial charge on any atom is 0.335 e. The Morgan fingerprint density at radius 3 is 2.71 bits per heavy atom. The molecule has 2 rings (SSSR count). The molecule has 0 amide bonds. The van der Waals surface area contributed by atoms with E-state index in [1.165, 1.54) is 12.1 Å². The first kappa shape index (κ1) is 14.7. The number of hydrogen-bond donors (Lipinski definition) is 1. The number of carbonyl (C=O) groups is 1. The Kier molecular flexibility index (Phi) is 4.67. The average Bonchev–Trinajstić information content (AvgIpc) is 2.52. The summed E-state index contributed by atoms with van der Waals surface area (Å²) in [5, 5.41) is 29.8. The van der Waals surface area contributed by atoms with E-state index in [9.17, 15) is 9.90 Å². The Morgan fingerprint density at radius 2 is 2.00 bits per heavy atom. The highest BCUT2D eigenvalue weighted by Crippen LogP contribution is 2.20. The van der Waals surface area contributed by atoms with Crippen molar-refractivity contribution in [1.29, 1.82) is 5.26 Å². The van der Waals surface area contributed by atoms with Crippen LogP contribution in [0.25, 0.3) is 0 Å². The van der Waals surface area contributed by atoms with Gasteiger partial charge in [0, 0.05) is 5.56 Å². The van der Waals surface area contributed by atoms with Gasteiger partial charge in [-0.2, -0.15) is 10.4 Å². The predicted octanol–water partition coefficient (Wildman–Crippen LogP) is 2.90. The monoisotopic (exact) mass is 282 g/mol. The standard InChI is InChI=1S/C16H12NO4/c17-9-13-5-1-2-7-14(13)16(20)21-10-11-4-3-6-12(8-11)15(18)19/h1-8,16H,10H2,(H,18,19). The van der Waals surface area contributed by atoms with Crippen molar-refractivity contribution in [2.24, 2.45) is 0 Å². The van der Waals surface area contributed by atoms with E-state index in [0.717, 1.165) is 0 Å². The van der Waals surface area contributed by atoms with Gasteiger partial charge in [0.25, 0.3) is 0 Å². The van der Waals surface area contributed by atoms with E-state index in [0.29, 0.717) is 5.56 Å². The van der Waals surface area contributed by atoms with Crippen molar-refractivity contribution in [3.05, 3.63) is 70.8 Å². The van der Waals surface area contributed by atoms with Crippen LogP contribution in [0, 0.1) is 11.3 Å². The summed E-state index contributed by atoms with van der Waals surface area (Å²) in [6.07, 6.45) is -1.49. The van der Waals surface area contributed by atoms with Crippen LogP contribution in [0.15, 0.2) is 48.5 Å². The summed E-state index contributed by atoms with van der Waals surface area (Å²) in [5.41, 5.74) is 1.27. The Morgan fingerprint density at radius 1 is 1.24 bits per heavy atom. The second-order valence-electron chi connectivity index (χ2n) is 4.35. The van der Waals surface area contributed by atoms with Crippen LogP contribution >= 0.6 is 0 Å². The maximum atomic E-state index is 12.0. The molecule has 0 heterocycles. The lowest BCUT2D eigenvalue weighted by Gasteiger charge is -2.12. The maximum absolute atomic E-state index is 12.0. The summed E-state index contributed by atoms with van der Waals surface area (Å²) in [7, 11) is 0. The van der Waals surface area contributed by atoms with Crippen LogP contribution in [0.5, 0.6) is 0 Å². The summed E-state index contributed by atoms with van der Waals surface area (Å²) in [6.45, 7) is -0.0188. The van der Waals surface area contributed by atoms with Crippen molar-refractivity contribution in [3.63, 3.8) is 0 Å². The molecule has 0 saturated heterocycles. The fourth-order valence-electron chi connectivity index (χ4n) is 1.86. The predicted molar refractivity (Wildman–Crippen MR) is 72.8 cm³/mol. The summed E-state index contributed by atoms with van der Waals surface area (Å²) < 4.78 is 5.19. The zero-order valence-electron chi connectivity index (χ0n) is 11.0. The highest BCUT2D eigenvalue weighted by Gasteiger charge is 2.14. The third kappa shape index (κ3) is 3.66. The number of carboxylic acid groups (broad SMARTS) is 1. The minimum Gasteiger partial charge on any atom is -0.478 e. The molecule has 5 heteroatoms. The first-order valence-electron chi connectivity index (χ1n) is 6.20. The van der Waals surface area contributed by atoms with Crippen LogP contribution in [0.4, 0.5) is 0 Å². The molecule has 0 aliphatic heterocycles. The molecule has 2 aromatic rings. The van der Waals surface area contributed by atoms with E-state index in [2.05, 4.69) is 0 Å². The summed E-state index contributed by atoms with van der Waals surface area (Å²) in [5.74, 6) is -1.04. The normalized spacial score (nSPS) is 11.6. The number of nitriles is 1. The Hall–Kier alpha value is -2.68. The minimum absolute atomic E-state index is 0.0188. The summed E-state index contributed by atoms with van der Waals surface area (Å²) >= 11 is 0. The fraction of sp³-hybridized carbons (Fsp3) is 0.125. The Balaban J connectivity index is 2.08. The van der Waals surface area contributed by atoms with E-state index in [1.807, 2.05) is 6.07 Å². The van der Waals surface area contributed by atoms with E-state index in [-0.39, 0.29) is 23.3 Å². The molecule has 1 N–H and O–H groups in total. The first-order valence-corrected chi connectivity index (χ1v) is 6.20. The highest BCUT2D eigenvalue weighted by atomic mass is 16.6. The van der Waals surface area contributed by atoms with Crippen LogP contribution in [0.1, 0.15) is 33.3 Å². The number of ether oxygens (including phenoxy) is 1. The van der Waals surface area contributed by atoms with Crippen molar-refractivity contribution < 1.29 is 19.7 Å². The molecule has 1 radical (unpaired) electrons. The van der Waals surface area contributed by atoms with Crippen molar-refractivity contribution in [2.75, 3.05) is 0 Å². The summed E-state index contributed by atoms with van der Waals surface area (Å²) in [4.78, 5) is 10.9. The SMILES string of the molecule is N#Cc1ccccc1C([O])OCc1cccc(C(=O)O)c1. The smallest absolute Gasteiger partial charge is 0.335 e. The Bertz CT molecular complexity index is 691. The van der Waals surface area contributed by atoms with E-state index in [4.69, 9.17) is 15.1 Å². The highest BCUT2D eigenvalue weighted by molar-refractivity contribution is 5.87. The van der Waals surface area contributed by atoms with Crippen molar-refractivity contribution in [2.45, 2.75) is 12.9 Å². The molecule has 0 aliphatic carbocycles. The van der Waals surface area contributed by atoms with Gasteiger partial charge in [0.1, 0.15) is 0 Å². The molecule has 0 fully saturated rings. The number of benzene rings is 2. The second-order valence-corrected chi connectivity index (χ2v) is 4.35. The van der Waals surface area contributed by atoms with E-state index >= 15 is 0 Å². The van der Waals surface area contributed by atoms with Crippen LogP contribution in [0.3, 0.4) is 0 Å². The van der Waals surface area contributed by atoms with E-state index in [1.54, 1.807) is 36.4 Å². The van der Waals surface area contributed by atoms with Crippen LogP contribution < -0.4 is 0 Å². The molecular weight excluding hydrogens is 270 g/mol. The van der Waals surface area contributed by atoms with Gasteiger partial charge in [0.15, 0.2) is 0 Å². The zero-order valence-corrected chi connectivity index (χ0v) is 11.0. The molecule has 0 aliphatic rings. The number of rotatable bonds is 5. The lowest BCUT2D eigenvalue weighted by molar-refractivity contribution is -0.152. The number of nitrogens with zero attached hydrogens (tertiary/aromatic N) is 1.